The molecule has 2 aliphatic rings. The van der Waals surface area contributed by atoms with Gasteiger partial charge in [-0.1, -0.05) is 12.1 Å². The Morgan fingerprint density at radius 3 is 2.81 bits per heavy atom. The minimum Gasteiger partial charge on any atom is -0.493 e. The topological polar surface area (TPSA) is 33.7 Å². The third kappa shape index (κ3) is 4.99. The highest BCUT2D eigenvalue weighted by molar-refractivity contribution is 5.27. The highest BCUT2D eigenvalue weighted by Gasteiger charge is 2.21. The van der Waals surface area contributed by atoms with Gasteiger partial charge in [-0.2, -0.15) is 0 Å². The zero-order valence-electron chi connectivity index (χ0n) is 12.9. The molecule has 1 saturated carbocycles. The normalized spacial score (nSPS) is 23.2. The van der Waals surface area contributed by atoms with Crippen molar-refractivity contribution in [3.8, 4) is 5.75 Å². The van der Waals surface area contributed by atoms with Crippen molar-refractivity contribution in [1.29, 1.82) is 0 Å². The van der Waals surface area contributed by atoms with E-state index in [9.17, 15) is 0 Å². The number of benzene rings is 1. The fraction of sp³-hybridized carbons (Fsp3) is 0.647. The molecule has 1 N–H and O–H groups in total. The molecule has 4 nitrogen and oxygen atoms in total. The van der Waals surface area contributed by atoms with Gasteiger partial charge in [0, 0.05) is 26.2 Å². The number of ether oxygens (including phenoxy) is 2. The molecule has 0 amide bonds. The molecule has 1 heterocycles. The SMILES string of the molecule is CN1CCOC(CNCc2ccc(OCC3CC3)cc2)C1. The van der Waals surface area contributed by atoms with Crippen LogP contribution in [-0.4, -0.2) is 50.9 Å². The molecule has 1 aromatic carbocycles. The van der Waals surface area contributed by atoms with Crippen molar-refractivity contribution in [2.45, 2.75) is 25.5 Å². The maximum Gasteiger partial charge on any atom is 0.119 e. The summed E-state index contributed by atoms with van der Waals surface area (Å²) in [6.07, 6.45) is 2.98. The lowest BCUT2D eigenvalue weighted by atomic mass is 10.2. The number of nitrogens with zero attached hydrogens (tertiary/aromatic N) is 1. The fourth-order valence-corrected chi connectivity index (χ4v) is 2.57. The van der Waals surface area contributed by atoms with Crippen LogP contribution in [0.5, 0.6) is 5.75 Å². The minimum atomic E-state index is 0.310. The molecule has 1 aromatic rings. The Kier molecular flexibility index (Phi) is 5.12. The third-order valence-electron chi connectivity index (χ3n) is 4.15. The Balaban J connectivity index is 1.36. The van der Waals surface area contributed by atoms with Gasteiger partial charge in [0.1, 0.15) is 5.75 Å². The van der Waals surface area contributed by atoms with Gasteiger partial charge in [0.25, 0.3) is 0 Å². The molecule has 1 unspecified atom stereocenters. The number of nitrogens with one attached hydrogen (secondary N) is 1. The highest BCUT2D eigenvalue weighted by atomic mass is 16.5. The van der Waals surface area contributed by atoms with E-state index in [1.54, 1.807) is 0 Å². The predicted octanol–water partition coefficient (Wildman–Crippen LogP) is 1.90. The predicted molar refractivity (Wildman–Crippen MR) is 83.6 cm³/mol. The molecule has 1 aliphatic heterocycles. The summed E-state index contributed by atoms with van der Waals surface area (Å²) in [5.41, 5.74) is 1.29. The van der Waals surface area contributed by atoms with Crippen LogP contribution in [0.25, 0.3) is 0 Å². The molecule has 116 valence electrons. The standard InChI is InChI=1S/C17H26N2O2/c1-19-8-9-20-17(12-19)11-18-10-14-4-6-16(7-5-14)21-13-15-2-3-15/h4-7,15,17-18H,2-3,8-13H2,1H3. The van der Waals surface area contributed by atoms with E-state index in [1.807, 2.05) is 0 Å². The van der Waals surface area contributed by atoms with E-state index in [2.05, 4.69) is 41.5 Å². The summed E-state index contributed by atoms with van der Waals surface area (Å²) in [6, 6.07) is 8.43. The highest BCUT2D eigenvalue weighted by Crippen LogP contribution is 2.29. The van der Waals surface area contributed by atoms with Gasteiger partial charge in [-0.3, -0.25) is 0 Å². The van der Waals surface area contributed by atoms with Gasteiger partial charge >= 0.3 is 0 Å². The Morgan fingerprint density at radius 2 is 2.10 bits per heavy atom. The summed E-state index contributed by atoms with van der Waals surface area (Å²) in [6.45, 7) is 5.57. The van der Waals surface area contributed by atoms with E-state index in [0.29, 0.717) is 6.10 Å². The molecule has 2 fully saturated rings. The second kappa shape index (κ2) is 7.25. The van der Waals surface area contributed by atoms with Gasteiger partial charge in [0.2, 0.25) is 0 Å². The van der Waals surface area contributed by atoms with Crippen molar-refractivity contribution in [3.05, 3.63) is 29.8 Å². The molecule has 1 aliphatic carbocycles. The molecular formula is C17H26N2O2. The average Bonchev–Trinajstić information content (AvgIpc) is 3.31. The van der Waals surface area contributed by atoms with E-state index >= 15 is 0 Å². The lowest BCUT2D eigenvalue weighted by Crippen LogP contribution is -2.44. The monoisotopic (exact) mass is 290 g/mol. The Hall–Kier alpha value is -1.10. The minimum absolute atomic E-state index is 0.310. The van der Waals surface area contributed by atoms with Crippen molar-refractivity contribution in [2.24, 2.45) is 5.92 Å². The molecule has 0 radical (unpaired) electrons. The van der Waals surface area contributed by atoms with Crippen LogP contribution in [-0.2, 0) is 11.3 Å². The number of rotatable bonds is 7. The Morgan fingerprint density at radius 1 is 1.29 bits per heavy atom. The Labute approximate surface area is 127 Å². The summed E-state index contributed by atoms with van der Waals surface area (Å²) in [5.74, 6) is 1.79. The van der Waals surface area contributed by atoms with E-state index in [4.69, 9.17) is 9.47 Å². The molecule has 1 saturated heterocycles. The molecule has 0 spiro atoms. The lowest BCUT2D eigenvalue weighted by Gasteiger charge is -2.30. The van der Waals surface area contributed by atoms with E-state index < -0.39 is 0 Å². The van der Waals surface area contributed by atoms with Crippen LogP contribution in [0.1, 0.15) is 18.4 Å². The summed E-state index contributed by atoms with van der Waals surface area (Å²) in [7, 11) is 2.15. The number of likely N-dealkylation sites (N-methyl/N-ethyl adjacent to an activating group) is 1. The van der Waals surface area contributed by atoms with Crippen LogP contribution in [0.15, 0.2) is 24.3 Å². The van der Waals surface area contributed by atoms with Crippen molar-refractivity contribution < 1.29 is 9.47 Å². The van der Waals surface area contributed by atoms with Crippen molar-refractivity contribution in [1.82, 2.24) is 10.2 Å². The molecule has 21 heavy (non-hydrogen) atoms. The average molecular weight is 290 g/mol. The molecule has 0 aromatic heterocycles. The van der Waals surface area contributed by atoms with Crippen molar-refractivity contribution in [3.63, 3.8) is 0 Å². The van der Waals surface area contributed by atoms with Gasteiger partial charge in [-0.05, 0) is 43.5 Å². The third-order valence-corrected chi connectivity index (χ3v) is 4.15. The van der Waals surface area contributed by atoms with Crippen LogP contribution >= 0.6 is 0 Å². The molecular weight excluding hydrogens is 264 g/mol. The fourth-order valence-electron chi connectivity index (χ4n) is 2.57. The van der Waals surface area contributed by atoms with E-state index in [1.165, 1.54) is 18.4 Å². The van der Waals surface area contributed by atoms with E-state index in [0.717, 1.165) is 51.1 Å². The zero-order valence-corrected chi connectivity index (χ0v) is 12.9. The van der Waals surface area contributed by atoms with Crippen molar-refractivity contribution >= 4 is 0 Å². The van der Waals surface area contributed by atoms with Crippen LogP contribution < -0.4 is 10.1 Å². The zero-order chi connectivity index (χ0) is 14.5. The first kappa shape index (κ1) is 14.8. The first-order chi connectivity index (χ1) is 10.3. The smallest absolute Gasteiger partial charge is 0.119 e. The van der Waals surface area contributed by atoms with Gasteiger partial charge < -0.3 is 19.7 Å². The number of morpholine rings is 1. The lowest BCUT2D eigenvalue weighted by molar-refractivity contribution is -0.0182. The van der Waals surface area contributed by atoms with Gasteiger partial charge in [0.15, 0.2) is 0 Å². The quantitative estimate of drug-likeness (QED) is 0.831. The summed E-state index contributed by atoms with van der Waals surface area (Å²) >= 11 is 0. The van der Waals surface area contributed by atoms with Gasteiger partial charge in [-0.25, -0.2) is 0 Å². The van der Waals surface area contributed by atoms with Crippen molar-refractivity contribution in [2.75, 3.05) is 39.9 Å². The van der Waals surface area contributed by atoms with Crippen LogP contribution in [0.4, 0.5) is 0 Å². The molecule has 3 rings (SSSR count). The molecule has 1 atom stereocenters. The number of hydrogen-bond acceptors (Lipinski definition) is 4. The van der Waals surface area contributed by atoms with E-state index in [-0.39, 0.29) is 0 Å². The number of hydrogen-bond donors (Lipinski definition) is 1. The first-order valence-electron chi connectivity index (χ1n) is 8.02. The first-order valence-corrected chi connectivity index (χ1v) is 8.02. The van der Waals surface area contributed by atoms with Gasteiger partial charge in [0.05, 0.1) is 19.3 Å². The second-order valence-corrected chi connectivity index (χ2v) is 6.28. The summed E-state index contributed by atoms with van der Waals surface area (Å²) < 4.78 is 11.5. The summed E-state index contributed by atoms with van der Waals surface area (Å²) in [5, 5.41) is 3.48. The Bertz CT molecular complexity index is 431. The second-order valence-electron chi connectivity index (χ2n) is 6.28. The molecule has 4 heteroatoms. The van der Waals surface area contributed by atoms with Crippen LogP contribution in [0.3, 0.4) is 0 Å². The maximum absolute atomic E-state index is 5.75. The largest absolute Gasteiger partial charge is 0.493 e. The summed E-state index contributed by atoms with van der Waals surface area (Å²) in [4.78, 5) is 2.32. The van der Waals surface area contributed by atoms with Crippen LogP contribution in [0, 0.1) is 5.92 Å². The molecule has 0 bridgehead atoms. The van der Waals surface area contributed by atoms with Gasteiger partial charge in [-0.15, -0.1) is 0 Å². The maximum atomic E-state index is 5.75. The van der Waals surface area contributed by atoms with Crippen LogP contribution in [0.2, 0.25) is 0 Å².